The summed E-state index contributed by atoms with van der Waals surface area (Å²) >= 11 is 1.55. The summed E-state index contributed by atoms with van der Waals surface area (Å²) in [4.78, 5) is 16.6. The van der Waals surface area contributed by atoms with Gasteiger partial charge in [-0.3, -0.25) is 9.69 Å². The van der Waals surface area contributed by atoms with Gasteiger partial charge in [0.25, 0.3) is 0 Å². The van der Waals surface area contributed by atoms with Crippen molar-refractivity contribution in [3.8, 4) is 0 Å². The lowest BCUT2D eigenvalue weighted by molar-refractivity contribution is -0.138. The Labute approximate surface area is 87.2 Å². The second-order valence-electron chi connectivity index (χ2n) is 3.34. The Morgan fingerprint density at radius 3 is 3.00 bits per heavy atom. The quantitative estimate of drug-likeness (QED) is 0.805. The molecule has 0 spiro atoms. The van der Waals surface area contributed by atoms with Crippen LogP contribution in [0, 0.1) is 0 Å². The largest absolute Gasteiger partial charge is 0.481 e. The SMILES string of the molecule is CC(CC(=O)O)N(C)Cc1cscn1. The maximum atomic E-state index is 10.5. The molecule has 0 radical (unpaired) electrons. The van der Waals surface area contributed by atoms with Crippen LogP contribution >= 0.6 is 11.3 Å². The molecule has 78 valence electrons. The Morgan fingerprint density at radius 1 is 1.79 bits per heavy atom. The third-order valence-corrected chi connectivity index (χ3v) is 2.75. The highest BCUT2D eigenvalue weighted by Crippen LogP contribution is 2.08. The molecular weight excluding hydrogens is 200 g/mol. The van der Waals surface area contributed by atoms with Gasteiger partial charge < -0.3 is 5.11 Å². The number of nitrogens with zero attached hydrogens (tertiary/aromatic N) is 2. The van der Waals surface area contributed by atoms with Crippen molar-refractivity contribution in [1.82, 2.24) is 9.88 Å². The van der Waals surface area contributed by atoms with Crippen molar-refractivity contribution in [1.29, 1.82) is 0 Å². The molecule has 1 rings (SSSR count). The fourth-order valence-corrected chi connectivity index (χ4v) is 1.69. The van der Waals surface area contributed by atoms with E-state index in [4.69, 9.17) is 5.11 Å². The number of hydrogen-bond donors (Lipinski definition) is 1. The second kappa shape index (κ2) is 5.07. The van der Waals surface area contributed by atoms with E-state index >= 15 is 0 Å². The molecule has 0 aromatic carbocycles. The van der Waals surface area contributed by atoms with E-state index in [0.29, 0.717) is 6.54 Å². The number of rotatable bonds is 5. The third kappa shape index (κ3) is 3.43. The summed E-state index contributed by atoms with van der Waals surface area (Å²) in [6.45, 7) is 2.61. The van der Waals surface area contributed by atoms with Crippen LogP contribution in [0.2, 0.25) is 0 Å². The number of hydrogen-bond acceptors (Lipinski definition) is 4. The number of carbonyl (C=O) groups is 1. The van der Waals surface area contributed by atoms with Gasteiger partial charge in [-0.05, 0) is 14.0 Å². The number of aliphatic carboxylic acids is 1. The molecule has 0 bridgehead atoms. The van der Waals surface area contributed by atoms with Crippen LogP contribution in [-0.4, -0.2) is 34.0 Å². The summed E-state index contributed by atoms with van der Waals surface area (Å²) in [5.74, 6) is -0.761. The van der Waals surface area contributed by atoms with Crippen molar-refractivity contribution >= 4 is 17.3 Å². The highest BCUT2D eigenvalue weighted by Gasteiger charge is 2.13. The number of carboxylic acid groups (broad SMARTS) is 1. The van der Waals surface area contributed by atoms with Crippen LogP contribution in [0.1, 0.15) is 19.0 Å². The molecule has 1 aromatic rings. The van der Waals surface area contributed by atoms with E-state index in [1.54, 1.807) is 16.8 Å². The van der Waals surface area contributed by atoms with Crippen molar-refractivity contribution in [3.63, 3.8) is 0 Å². The predicted molar refractivity (Wildman–Crippen MR) is 55.3 cm³/mol. The molecule has 0 fully saturated rings. The van der Waals surface area contributed by atoms with Crippen molar-refractivity contribution in [2.45, 2.75) is 25.9 Å². The number of carboxylic acids is 1. The van der Waals surface area contributed by atoms with E-state index in [9.17, 15) is 4.79 Å². The van der Waals surface area contributed by atoms with Gasteiger partial charge >= 0.3 is 5.97 Å². The van der Waals surface area contributed by atoms with Crippen LogP contribution in [0.15, 0.2) is 10.9 Å². The zero-order valence-electron chi connectivity index (χ0n) is 8.30. The monoisotopic (exact) mass is 214 g/mol. The Morgan fingerprint density at radius 2 is 2.50 bits per heavy atom. The summed E-state index contributed by atoms with van der Waals surface area (Å²) in [6.07, 6.45) is 0.167. The fourth-order valence-electron chi connectivity index (χ4n) is 1.14. The Hall–Kier alpha value is -0.940. The molecule has 0 amide bonds. The first-order valence-corrected chi connectivity index (χ1v) is 5.33. The van der Waals surface area contributed by atoms with Gasteiger partial charge in [-0.2, -0.15) is 0 Å². The van der Waals surface area contributed by atoms with Crippen LogP contribution in [0.5, 0.6) is 0 Å². The van der Waals surface area contributed by atoms with Crippen molar-refractivity contribution in [2.75, 3.05) is 7.05 Å². The van der Waals surface area contributed by atoms with Crippen LogP contribution in [0.4, 0.5) is 0 Å². The summed E-state index contributed by atoms with van der Waals surface area (Å²) in [7, 11) is 1.91. The summed E-state index contributed by atoms with van der Waals surface area (Å²) in [5, 5.41) is 10.6. The van der Waals surface area contributed by atoms with Crippen LogP contribution < -0.4 is 0 Å². The van der Waals surface area contributed by atoms with Crippen molar-refractivity contribution in [3.05, 3.63) is 16.6 Å². The van der Waals surface area contributed by atoms with Gasteiger partial charge in [-0.1, -0.05) is 0 Å². The lowest BCUT2D eigenvalue weighted by Crippen LogP contribution is -2.30. The first kappa shape index (κ1) is 11.1. The van der Waals surface area contributed by atoms with E-state index < -0.39 is 5.97 Å². The van der Waals surface area contributed by atoms with E-state index in [-0.39, 0.29) is 12.5 Å². The molecule has 0 saturated heterocycles. The van der Waals surface area contributed by atoms with E-state index in [1.807, 2.05) is 24.3 Å². The Bertz CT molecular complexity index is 287. The van der Waals surface area contributed by atoms with E-state index in [2.05, 4.69) is 4.98 Å². The second-order valence-corrected chi connectivity index (χ2v) is 4.06. The van der Waals surface area contributed by atoms with Gasteiger partial charge in [0, 0.05) is 18.0 Å². The van der Waals surface area contributed by atoms with E-state index in [1.165, 1.54) is 0 Å². The smallest absolute Gasteiger partial charge is 0.304 e. The molecule has 1 heterocycles. The molecule has 0 saturated carbocycles. The normalized spacial score (nSPS) is 13.1. The topological polar surface area (TPSA) is 53.4 Å². The zero-order chi connectivity index (χ0) is 10.6. The maximum absolute atomic E-state index is 10.5. The van der Waals surface area contributed by atoms with Crippen molar-refractivity contribution in [2.24, 2.45) is 0 Å². The predicted octanol–water partition coefficient (Wildman–Crippen LogP) is 1.44. The average molecular weight is 214 g/mol. The standard InChI is InChI=1S/C9H14N2O2S/c1-7(3-9(12)13)11(2)4-8-5-14-6-10-8/h5-7H,3-4H2,1-2H3,(H,12,13). The van der Waals surface area contributed by atoms with Crippen molar-refractivity contribution < 1.29 is 9.90 Å². The highest BCUT2D eigenvalue weighted by atomic mass is 32.1. The molecule has 1 aromatic heterocycles. The zero-order valence-corrected chi connectivity index (χ0v) is 9.12. The fraction of sp³-hybridized carbons (Fsp3) is 0.556. The van der Waals surface area contributed by atoms with Crippen LogP contribution in [-0.2, 0) is 11.3 Å². The minimum atomic E-state index is -0.761. The van der Waals surface area contributed by atoms with Gasteiger partial charge in [-0.25, -0.2) is 4.98 Å². The summed E-state index contributed by atoms with van der Waals surface area (Å²) in [6, 6.07) is 0.0363. The summed E-state index contributed by atoms with van der Waals surface area (Å²) < 4.78 is 0. The van der Waals surface area contributed by atoms with Crippen LogP contribution in [0.25, 0.3) is 0 Å². The highest BCUT2D eigenvalue weighted by molar-refractivity contribution is 7.07. The maximum Gasteiger partial charge on any atom is 0.304 e. The minimum absolute atomic E-state index is 0.0363. The first-order valence-electron chi connectivity index (χ1n) is 4.38. The molecule has 0 aliphatic carbocycles. The minimum Gasteiger partial charge on any atom is -0.481 e. The molecule has 0 aliphatic heterocycles. The molecule has 0 aliphatic rings. The molecule has 4 nitrogen and oxygen atoms in total. The third-order valence-electron chi connectivity index (χ3n) is 2.12. The lowest BCUT2D eigenvalue weighted by atomic mass is 10.2. The number of aromatic nitrogens is 1. The first-order chi connectivity index (χ1) is 6.59. The molecule has 5 heteroatoms. The molecular formula is C9H14N2O2S. The molecule has 1 atom stereocenters. The Kier molecular flexibility index (Phi) is 4.03. The van der Waals surface area contributed by atoms with Crippen LogP contribution in [0.3, 0.4) is 0 Å². The lowest BCUT2D eigenvalue weighted by Gasteiger charge is -2.22. The van der Waals surface area contributed by atoms with Gasteiger partial charge in [0.2, 0.25) is 0 Å². The van der Waals surface area contributed by atoms with Gasteiger partial charge in [-0.15, -0.1) is 11.3 Å². The molecule has 14 heavy (non-hydrogen) atoms. The summed E-state index contributed by atoms with van der Waals surface area (Å²) in [5.41, 5.74) is 2.78. The van der Waals surface area contributed by atoms with Gasteiger partial charge in [0.1, 0.15) is 0 Å². The molecule has 1 N–H and O–H groups in total. The number of thiazole rings is 1. The van der Waals surface area contributed by atoms with E-state index in [0.717, 1.165) is 5.69 Å². The molecule has 1 unspecified atom stereocenters. The van der Waals surface area contributed by atoms with Gasteiger partial charge in [0.15, 0.2) is 0 Å². The van der Waals surface area contributed by atoms with Gasteiger partial charge in [0.05, 0.1) is 17.6 Å². The Balaban J connectivity index is 2.41. The average Bonchev–Trinajstić information content (AvgIpc) is 2.55.